The number of benzene rings is 1. The van der Waals surface area contributed by atoms with E-state index in [0.29, 0.717) is 19.7 Å². The van der Waals surface area contributed by atoms with Crippen LogP contribution < -0.4 is 5.32 Å². The van der Waals surface area contributed by atoms with Gasteiger partial charge in [0.25, 0.3) is 0 Å². The standard InChI is InChI=1S/C20H19FN2OS/c21-18-7-5-16(6-8-18)17-11-15(13-23-14-17)12-22-9-10-24-19-3-1-2-4-20(19)25/h1-3,5-8,11,13-14,22H,4,9-10,12H2. The van der Waals surface area contributed by atoms with Crippen LogP contribution in [0.3, 0.4) is 0 Å². The van der Waals surface area contributed by atoms with Gasteiger partial charge in [0.15, 0.2) is 0 Å². The Bertz CT molecular complexity index is 800. The quantitative estimate of drug-likeness (QED) is 0.597. The molecule has 0 saturated heterocycles. The van der Waals surface area contributed by atoms with Gasteiger partial charge >= 0.3 is 0 Å². The fraction of sp³-hybridized carbons (Fsp3) is 0.200. The Labute approximate surface area is 152 Å². The molecule has 0 spiro atoms. The van der Waals surface area contributed by atoms with E-state index in [1.54, 1.807) is 18.3 Å². The largest absolute Gasteiger partial charge is 0.491 e. The minimum atomic E-state index is -0.238. The van der Waals surface area contributed by atoms with Gasteiger partial charge in [-0.05, 0) is 35.4 Å². The van der Waals surface area contributed by atoms with Crippen molar-refractivity contribution in [2.24, 2.45) is 0 Å². The second kappa shape index (κ2) is 8.65. The minimum absolute atomic E-state index is 0.238. The van der Waals surface area contributed by atoms with E-state index in [4.69, 9.17) is 17.0 Å². The topological polar surface area (TPSA) is 34.2 Å². The number of nitrogens with one attached hydrogen (secondary N) is 1. The molecule has 1 aromatic carbocycles. The number of pyridine rings is 1. The van der Waals surface area contributed by atoms with E-state index in [0.717, 1.165) is 33.7 Å². The summed E-state index contributed by atoms with van der Waals surface area (Å²) in [6.07, 6.45) is 10.3. The summed E-state index contributed by atoms with van der Waals surface area (Å²) in [6.45, 7) is 1.96. The van der Waals surface area contributed by atoms with Crippen LogP contribution in [-0.4, -0.2) is 23.0 Å². The van der Waals surface area contributed by atoms with Crippen molar-refractivity contribution in [2.45, 2.75) is 13.0 Å². The van der Waals surface area contributed by atoms with Gasteiger partial charge in [0.05, 0.1) is 4.86 Å². The normalized spacial score (nSPS) is 13.6. The molecular formula is C20H19FN2OS. The molecule has 0 amide bonds. The van der Waals surface area contributed by atoms with E-state index in [1.165, 1.54) is 12.1 Å². The lowest BCUT2D eigenvalue weighted by Crippen LogP contribution is -2.20. The zero-order valence-corrected chi connectivity index (χ0v) is 14.6. The van der Waals surface area contributed by atoms with Gasteiger partial charge < -0.3 is 10.1 Å². The van der Waals surface area contributed by atoms with Gasteiger partial charge in [0.2, 0.25) is 0 Å². The average Bonchev–Trinajstić information content (AvgIpc) is 2.64. The molecule has 0 atom stereocenters. The molecule has 25 heavy (non-hydrogen) atoms. The first-order chi connectivity index (χ1) is 12.2. The maximum atomic E-state index is 13.0. The molecule has 3 rings (SSSR count). The summed E-state index contributed by atoms with van der Waals surface area (Å²) in [6, 6.07) is 8.48. The van der Waals surface area contributed by atoms with Crippen molar-refractivity contribution in [1.29, 1.82) is 0 Å². The van der Waals surface area contributed by atoms with E-state index in [-0.39, 0.29) is 5.82 Å². The molecule has 1 heterocycles. The monoisotopic (exact) mass is 354 g/mol. The van der Waals surface area contributed by atoms with Gasteiger partial charge in [0.1, 0.15) is 18.2 Å². The summed E-state index contributed by atoms with van der Waals surface area (Å²) in [7, 11) is 0. The number of halogens is 1. The fourth-order valence-electron chi connectivity index (χ4n) is 2.50. The molecule has 1 N–H and O–H groups in total. The number of ether oxygens (including phenoxy) is 1. The lowest BCUT2D eigenvalue weighted by atomic mass is 10.1. The lowest BCUT2D eigenvalue weighted by Gasteiger charge is -2.13. The Morgan fingerprint density at radius 3 is 2.80 bits per heavy atom. The summed E-state index contributed by atoms with van der Waals surface area (Å²) in [5.74, 6) is 0.553. The third kappa shape index (κ3) is 5.05. The van der Waals surface area contributed by atoms with Crippen LogP contribution in [-0.2, 0) is 11.3 Å². The molecular weight excluding hydrogens is 335 g/mol. The van der Waals surface area contributed by atoms with Crippen molar-refractivity contribution in [3.8, 4) is 11.1 Å². The Morgan fingerprint density at radius 1 is 1.16 bits per heavy atom. The summed E-state index contributed by atoms with van der Waals surface area (Å²) in [5.41, 5.74) is 2.99. The molecule has 0 bridgehead atoms. The van der Waals surface area contributed by atoms with Crippen molar-refractivity contribution >= 4 is 17.1 Å². The van der Waals surface area contributed by atoms with Crippen LogP contribution in [0.1, 0.15) is 12.0 Å². The van der Waals surface area contributed by atoms with E-state index >= 15 is 0 Å². The zero-order valence-electron chi connectivity index (χ0n) is 13.7. The van der Waals surface area contributed by atoms with Crippen molar-refractivity contribution in [2.75, 3.05) is 13.2 Å². The van der Waals surface area contributed by atoms with Crippen LogP contribution in [0.5, 0.6) is 0 Å². The van der Waals surface area contributed by atoms with Crippen LogP contribution in [0.4, 0.5) is 4.39 Å². The van der Waals surface area contributed by atoms with Crippen LogP contribution in [0.2, 0.25) is 0 Å². The molecule has 128 valence electrons. The summed E-state index contributed by atoms with van der Waals surface area (Å²) in [5, 5.41) is 3.33. The average molecular weight is 354 g/mol. The highest BCUT2D eigenvalue weighted by Crippen LogP contribution is 2.19. The predicted molar refractivity (Wildman–Crippen MR) is 102 cm³/mol. The zero-order chi connectivity index (χ0) is 17.5. The second-order valence-electron chi connectivity index (χ2n) is 5.70. The molecule has 1 aliphatic carbocycles. The first-order valence-corrected chi connectivity index (χ1v) is 8.56. The summed E-state index contributed by atoms with van der Waals surface area (Å²) in [4.78, 5) is 5.11. The smallest absolute Gasteiger partial charge is 0.133 e. The van der Waals surface area contributed by atoms with Gasteiger partial charge in [-0.15, -0.1) is 0 Å². The summed E-state index contributed by atoms with van der Waals surface area (Å²) < 4.78 is 18.7. The molecule has 0 saturated carbocycles. The molecule has 0 unspecified atom stereocenters. The number of aromatic nitrogens is 1. The maximum Gasteiger partial charge on any atom is 0.133 e. The number of allylic oxidation sites excluding steroid dienone is 4. The predicted octanol–water partition coefficient (Wildman–Crippen LogP) is 4.21. The Hall–Kier alpha value is -2.37. The number of hydrogen-bond donors (Lipinski definition) is 1. The van der Waals surface area contributed by atoms with E-state index in [2.05, 4.69) is 16.4 Å². The fourth-order valence-corrected chi connectivity index (χ4v) is 2.73. The molecule has 0 radical (unpaired) electrons. The number of thiocarbonyl (C=S) groups is 1. The molecule has 1 aliphatic rings. The van der Waals surface area contributed by atoms with Crippen LogP contribution >= 0.6 is 12.2 Å². The highest BCUT2D eigenvalue weighted by atomic mass is 32.1. The van der Waals surface area contributed by atoms with Gasteiger partial charge in [-0.2, -0.15) is 0 Å². The van der Waals surface area contributed by atoms with E-state index < -0.39 is 0 Å². The van der Waals surface area contributed by atoms with Crippen molar-refractivity contribution in [3.63, 3.8) is 0 Å². The Morgan fingerprint density at radius 2 is 2.00 bits per heavy atom. The number of rotatable bonds is 7. The van der Waals surface area contributed by atoms with Gasteiger partial charge in [-0.25, -0.2) is 4.39 Å². The van der Waals surface area contributed by atoms with Crippen LogP contribution in [0.25, 0.3) is 11.1 Å². The second-order valence-corrected chi connectivity index (χ2v) is 6.19. The molecule has 1 aromatic heterocycles. The number of hydrogen-bond acceptors (Lipinski definition) is 4. The first-order valence-electron chi connectivity index (χ1n) is 8.16. The summed E-state index contributed by atoms with van der Waals surface area (Å²) >= 11 is 5.25. The van der Waals surface area contributed by atoms with Gasteiger partial charge in [0, 0.05) is 37.5 Å². The van der Waals surface area contributed by atoms with Crippen molar-refractivity contribution in [1.82, 2.24) is 10.3 Å². The SMILES string of the molecule is Fc1ccc(-c2cncc(CNCCOC3=CC=CCC3=S)c2)cc1. The van der Waals surface area contributed by atoms with Crippen LogP contribution in [0, 0.1) is 5.82 Å². The molecule has 0 aliphatic heterocycles. The highest BCUT2D eigenvalue weighted by molar-refractivity contribution is 7.80. The van der Waals surface area contributed by atoms with E-state index in [9.17, 15) is 4.39 Å². The highest BCUT2D eigenvalue weighted by Gasteiger charge is 2.07. The maximum absolute atomic E-state index is 13.0. The van der Waals surface area contributed by atoms with Gasteiger partial charge in [-0.3, -0.25) is 4.98 Å². The third-order valence-corrected chi connectivity index (χ3v) is 4.17. The minimum Gasteiger partial charge on any atom is -0.491 e. The molecule has 2 aromatic rings. The number of nitrogens with zero attached hydrogens (tertiary/aromatic N) is 1. The van der Waals surface area contributed by atoms with Crippen molar-refractivity contribution in [3.05, 3.63) is 78.1 Å². The molecule has 0 fully saturated rings. The first kappa shape index (κ1) is 17.5. The van der Waals surface area contributed by atoms with E-state index in [1.807, 2.05) is 24.4 Å². The van der Waals surface area contributed by atoms with Crippen LogP contribution in [0.15, 0.2) is 66.7 Å². The lowest BCUT2D eigenvalue weighted by molar-refractivity contribution is 0.231. The molecule has 3 nitrogen and oxygen atoms in total. The van der Waals surface area contributed by atoms with Gasteiger partial charge in [-0.1, -0.05) is 36.5 Å². The Kier molecular flexibility index (Phi) is 6.04. The Balaban J connectivity index is 1.48. The third-order valence-electron chi connectivity index (χ3n) is 3.80. The molecule has 5 heteroatoms. The van der Waals surface area contributed by atoms with Crippen molar-refractivity contribution < 1.29 is 9.13 Å².